The van der Waals surface area contributed by atoms with E-state index >= 15 is 0 Å². The third-order valence-electron chi connectivity index (χ3n) is 5.50. The number of anilines is 1. The molecule has 1 aliphatic rings. The van der Waals surface area contributed by atoms with Crippen LogP contribution in [0, 0.1) is 0 Å². The number of halogens is 1. The number of piperazine rings is 1. The van der Waals surface area contributed by atoms with Crippen LogP contribution in [0.3, 0.4) is 0 Å². The summed E-state index contributed by atoms with van der Waals surface area (Å²) in [4.78, 5) is 41.0. The Morgan fingerprint density at radius 1 is 0.935 bits per heavy atom. The molecule has 1 aliphatic heterocycles. The Labute approximate surface area is 188 Å². The number of hydrogen-bond acceptors (Lipinski definition) is 4. The van der Waals surface area contributed by atoms with Crippen LogP contribution in [-0.4, -0.2) is 60.1 Å². The Morgan fingerprint density at radius 3 is 2.29 bits per heavy atom. The summed E-state index contributed by atoms with van der Waals surface area (Å²) < 4.78 is 0. The molecule has 3 rings (SSSR count). The monoisotopic (exact) mass is 441 g/mol. The quantitative estimate of drug-likeness (QED) is 0.635. The zero-order chi connectivity index (χ0) is 22.2. The van der Waals surface area contributed by atoms with Gasteiger partial charge in [-0.3, -0.25) is 19.3 Å². The van der Waals surface area contributed by atoms with E-state index in [1.165, 1.54) is 0 Å². The predicted molar refractivity (Wildman–Crippen MR) is 122 cm³/mol. The van der Waals surface area contributed by atoms with Crippen LogP contribution in [0.1, 0.15) is 35.7 Å². The normalized spacial score (nSPS) is 14.3. The first-order valence-electron chi connectivity index (χ1n) is 10.6. The van der Waals surface area contributed by atoms with Gasteiger partial charge in [-0.1, -0.05) is 36.7 Å². The van der Waals surface area contributed by atoms with Crippen LogP contribution in [0.4, 0.5) is 5.69 Å². The third kappa shape index (κ3) is 6.64. The van der Waals surface area contributed by atoms with Crippen molar-refractivity contribution in [3.8, 4) is 0 Å². The molecule has 6 nitrogen and oxygen atoms in total. The van der Waals surface area contributed by atoms with Crippen LogP contribution in [0.15, 0.2) is 48.5 Å². The highest BCUT2D eigenvalue weighted by molar-refractivity contribution is 6.30. The number of rotatable bonds is 8. The number of hydrogen-bond donors (Lipinski definition) is 1. The molecular formula is C24H28ClN3O3. The summed E-state index contributed by atoms with van der Waals surface area (Å²) in [5.74, 6) is -0.134. The second kappa shape index (κ2) is 11.1. The predicted octanol–water partition coefficient (Wildman–Crippen LogP) is 3.65. The summed E-state index contributed by atoms with van der Waals surface area (Å²) in [6, 6.07) is 14.5. The van der Waals surface area contributed by atoms with Gasteiger partial charge in [-0.15, -0.1) is 0 Å². The van der Waals surface area contributed by atoms with E-state index in [-0.39, 0.29) is 30.4 Å². The van der Waals surface area contributed by atoms with E-state index in [9.17, 15) is 14.4 Å². The maximum Gasteiger partial charge on any atom is 0.238 e. The van der Waals surface area contributed by atoms with Gasteiger partial charge >= 0.3 is 0 Å². The lowest BCUT2D eigenvalue weighted by Gasteiger charge is -2.34. The van der Waals surface area contributed by atoms with Gasteiger partial charge in [-0.2, -0.15) is 0 Å². The Morgan fingerprint density at radius 2 is 1.61 bits per heavy atom. The van der Waals surface area contributed by atoms with E-state index in [0.717, 1.165) is 17.7 Å². The molecule has 0 bridgehead atoms. The third-order valence-corrected chi connectivity index (χ3v) is 5.75. The molecule has 1 N–H and O–H groups in total. The lowest BCUT2D eigenvalue weighted by Crippen LogP contribution is -2.50. The van der Waals surface area contributed by atoms with Gasteiger partial charge in [0.05, 0.1) is 6.54 Å². The van der Waals surface area contributed by atoms with E-state index < -0.39 is 0 Å². The highest BCUT2D eigenvalue weighted by Crippen LogP contribution is 2.16. The number of benzene rings is 2. The maximum atomic E-state index is 12.5. The fraction of sp³-hybridized carbons (Fsp3) is 0.375. The van der Waals surface area contributed by atoms with E-state index in [4.69, 9.17) is 11.6 Å². The number of ketones is 1. The first-order valence-corrected chi connectivity index (χ1v) is 11.0. The van der Waals surface area contributed by atoms with Gasteiger partial charge in [-0.25, -0.2) is 0 Å². The van der Waals surface area contributed by atoms with Crippen molar-refractivity contribution in [1.29, 1.82) is 0 Å². The number of carbonyl (C=O) groups is 3. The van der Waals surface area contributed by atoms with Crippen molar-refractivity contribution in [3.05, 3.63) is 64.7 Å². The summed E-state index contributed by atoms with van der Waals surface area (Å²) in [7, 11) is 0. The van der Waals surface area contributed by atoms with E-state index in [1.54, 1.807) is 29.2 Å². The summed E-state index contributed by atoms with van der Waals surface area (Å²) in [5, 5.41) is 3.57. The van der Waals surface area contributed by atoms with Crippen molar-refractivity contribution in [1.82, 2.24) is 9.80 Å². The lowest BCUT2D eigenvalue weighted by atomic mass is 10.1. The minimum absolute atomic E-state index is 0.0247. The van der Waals surface area contributed by atoms with Gasteiger partial charge in [-0.05, 0) is 42.3 Å². The van der Waals surface area contributed by atoms with Crippen LogP contribution < -0.4 is 5.32 Å². The minimum Gasteiger partial charge on any atom is -0.340 e. The smallest absolute Gasteiger partial charge is 0.238 e. The SMILES string of the molecule is CCc1ccccc1NC(=O)CN1CCN(C(=O)CCC(=O)c2ccc(Cl)cc2)CC1. The molecule has 2 amide bonds. The molecule has 164 valence electrons. The minimum atomic E-state index is -0.0623. The molecule has 0 unspecified atom stereocenters. The van der Waals surface area contributed by atoms with Crippen molar-refractivity contribution in [2.75, 3.05) is 38.0 Å². The second-order valence-corrected chi connectivity index (χ2v) is 8.08. The molecule has 0 radical (unpaired) electrons. The molecule has 0 atom stereocenters. The van der Waals surface area contributed by atoms with Crippen molar-refractivity contribution in [3.63, 3.8) is 0 Å². The summed E-state index contributed by atoms with van der Waals surface area (Å²) >= 11 is 5.84. The molecule has 0 aromatic heterocycles. The van der Waals surface area contributed by atoms with Crippen molar-refractivity contribution >= 4 is 34.9 Å². The van der Waals surface area contributed by atoms with Crippen molar-refractivity contribution in [2.24, 2.45) is 0 Å². The molecule has 0 saturated carbocycles. The molecule has 1 saturated heterocycles. The average molecular weight is 442 g/mol. The molecule has 1 fully saturated rings. The Hall–Kier alpha value is -2.70. The van der Waals surface area contributed by atoms with Gasteiger partial charge in [0, 0.05) is 55.3 Å². The standard InChI is InChI=1S/C24H28ClN3O3/c1-2-18-5-3-4-6-21(18)26-23(30)17-27-13-15-28(16-14-27)24(31)12-11-22(29)19-7-9-20(25)10-8-19/h3-10H,2,11-17H2,1H3,(H,26,30). The van der Waals surface area contributed by atoms with E-state index in [0.29, 0.717) is 43.3 Å². The van der Waals surface area contributed by atoms with Gasteiger partial charge in [0.15, 0.2) is 5.78 Å². The highest BCUT2D eigenvalue weighted by Gasteiger charge is 2.23. The highest BCUT2D eigenvalue weighted by atomic mass is 35.5. The molecule has 2 aromatic rings. The number of nitrogens with zero attached hydrogens (tertiary/aromatic N) is 2. The van der Waals surface area contributed by atoms with Crippen LogP contribution >= 0.6 is 11.6 Å². The molecule has 2 aromatic carbocycles. The number of Topliss-reactive ketones (excluding diaryl/α,β-unsaturated/α-hetero) is 1. The van der Waals surface area contributed by atoms with Gasteiger partial charge in [0.1, 0.15) is 0 Å². The largest absolute Gasteiger partial charge is 0.340 e. The molecule has 0 aliphatic carbocycles. The summed E-state index contributed by atoms with van der Waals surface area (Å²) in [6.07, 6.45) is 1.23. The van der Waals surface area contributed by atoms with Crippen LogP contribution in [0.5, 0.6) is 0 Å². The van der Waals surface area contributed by atoms with Crippen LogP contribution in [-0.2, 0) is 16.0 Å². The fourth-order valence-corrected chi connectivity index (χ4v) is 3.78. The first-order chi connectivity index (χ1) is 15.0. The molecule has 1 heterocycles. The van der Waals surface area contributed by atoms with Gasteiger partial charge in [0.2, 0.25) is 11.8 Å². The molecule has 7 heteroatoms. The first kappa shape index (κ1) is 23.0. The Kier molecular flexibility index (Phi) is 8.20. The zero-order valence-electron chi connectivity index (χ0n) is 17.8. The number of aryl methyl sites for hydroxylation is 1. The lowest BCUT2D eigenvalue weighted by molar-refractivity contribution is -0.133. The van der Waals surface area contributed by atoms with Gasteiger partial charge < -0.3 is 10.2 Å². The molecular weight excluding hydrogens is 414 g/mol. The average Bonchev–Trinajstić information content (AvgIpc) is 2.78. The Balaban J connectivity index is 1.40. The zero-order valence-corrected chi connectivity index (χ0v) is 18.5. The van der Waals surface area contributed by atoms with Gasteiger partial charge in [0.25, 0.3) is 0 Å². The number of para-hydroxylation sites is 1. The van der Waals surface area contributed by atoms with E-state index in [1.807, 2.05) is 29.2 Å². The van der Waals surface area contributed by atoms with Crippen molar-refractivity contribution in [2.45, 2.75) is 26.2 Å². The second-order valence-electron chi connectivity index (χ2n) is 7.65. The Bertz CT molecular complexity index is 922. The number of carbonyl (C=O) groups excluding carboxylic acids is 3. The summed E-state index contributed by atoms with van der Waals surface area (Å²) in [6.45, 7) is 4.76. The fourth-order valence-electron chi connectivity index (χ4n) is 3.66. The van der Waals surface area contributed by atoms with Crippen LogP contribution in [0.2, 0.25) is 5.02 Å². The van der Waals surface area contributed by atoms with E-state index in [2.05, 4.69) is 12.2 Å². The number of nitrogens with one attached hydrogen (secondary N) is 1. The molecule has 31 heavy (non-hydrogen) atoms. The molecule has 0 spiro atoms. The van der Waals surface area contributed by atoms with Crippen LogP contribution in [0.25, 0.3) is 0 Å². The van der Waals surface area contributed by atoms with Crippen molar-refractivity contribution < 1.29 is 14.4 Å². The number of amides is 2. The summed E-state index contributed by atoms with van der Waals surface area (Å²) in [5.41, 5.74) is 2.53. The maximum absolute atomic E-state index is 12.5. The topological polar surface area (TPSA) is 69.7 Å².